The molecular formula is C16H25ClN4. The Morgan fingerprint density at radius 3 is 2.67 bits per heavy atom. The number of halogens is 1. The number of unbranched alkanes of at least 4 members (excludes halogenated alkanes) is 1. The highest BCUT2D eigenvalue weighted by Gasteiger charge is 2.11. The van der Waals surface area contributed by atoms with E-state index >= 15 is 0 Å². The molecule has 0 aliphatic rings. The first-order chi connectivity index (χ1) is 10.0. The number of nitrogens with zero attached hydrogens (tertiary/aromatic N) is 4. The van der Waals surface area contributed by atoms with Crippen LogP contribution in [0.3, 0.4) is 0 Å². The van der Waals surface area contributed by atoms with Crippen LogP contribution in [0.5, 0.6) is 0 Å². The third-order valence-electron chi connectivity index (χ3n) is 3.95. The topological polar surface area (TPSA) is 34.0 Å². The fourth-order valence-electron chi connectivity index (χ4n) is 2.37. The summed E-state index contributed by atoms with van der Waals surface area (Å²) in [4.78, 5) is 11.6. The lowest BCUT2D eigenvalue weighted by molar-refractivity contribution is 0.266. The van der Waals surface area contributed by atoms with Gasteiger partial charge >= 0.3 is 0 Å². The van der Waals surface area contributed by atoms with Crippen molar-refractivity contribution in [1.82, 2.24) is 19.4 Å². The number of rotatable bonds is 7. The summed E-state index contributed by atoms with van der Waals surface area (Å²) in [5, 5.41) is 0. The van der Waals surface area contributed by atoms with Crippen molar-refractivity contribution in [2.75, 3.05) is 13.6 Å². The van der Waals surface area contributed by atoms with E-state index in [1.165, 1.54) is 6.42 Å². The second-order valence-corrected chi connectivity index (χ2v) is 6.16. The molecule has 2 heterocycles. The second kappa shape index (κ2) is 7.23. The van der Waals surface area contributed by atoms with Crippen molar-refractivity contribution in [1.29, 1.82) is 0 Å². The van der Waals surface area contributed by atoms with Crippen LogP contribution in [0.25, 0.3) is 11.2 Å². The van der Waals surface area contributed by atoms with Crippen molar-refractivity contribution in [3.63, 3.8) is 0 Å². The van der Waals surface area contributed by atoms with Gasteiger partial charge in [-0.3, -0.25) is 0 Å². The molecule has 0 bridgehead atoms. The van der Waals surface area contributed by atoms with Gasteiger partial charge < -0.3 is 9.47 Å². The van der Waals surface area contributed by atoms with E-state index < -0.39 is 0 Å². The van der Waals surface area contributed by atoms with Gasteiger partial charge in [0.1, 0.15) is 11.3 Å². The van der Waals surface area contributed by atoms with Gasteiger partial charge in [0, 0.05) is 18.3 Å². The Morgan fingerprint density at radius 1 is 1.24 bits per heavy atom. The molecule has 0 aromatic carbocycles. The summed E-state index contributed by atoms with van der Waals surface area (Å²) in [5.74, 6) is 1.35. The fourth-order valence-corrected chi connectivity index (χ4v) is 2.57. The van der Waals surface area contributed by atoms with Crippen LogP contribution in [-0.4, -0.2) is 39.1 Å². The minimum absolute atomic E-state index is 0.432. The van der Waals surface area contributed by atoms with E-state index in [1.54, 1.807) is 0 Å². The molecule has 4 nitrogen and oxygen atoms in total. The van der Waals surface area contributed by atoms with Crippen LogP contribution < -0.4 is 0 Å². The number of imidazole rings is 1. The Kier molecular flexibility index (Phi) is 5.59. The molecule has 0 aliphatic carbocycles. The average Bonchev–Trinajstić information content (AvgIpc) is 2.80. The quantitative estimate of drug-likeness (QED) is 0.579. The lowest BCUT2D eigenvalue weighted by Crippen LogP contribution is -2.27. The normalized spacial score (nSPS) is 12.0. The third-order valence-corrected chi connectivity index (χ3v) is 4.19. The van der Waals surface area contributed by atoms with Gasteiger partial charge in [-0.05, 0) is 59.3 Å². The summed E-state index contributed by atoms with van der Waals surface area (Å²) in [5.41, 5.74) is 2.92. The molecule has 0 unspecified atom stereocenters. The van der Waals surface area contributed by atoms with Crippen LogP contribution in [0, 0.1) is 6.92 Å². The summed E-state index contributed by atoms with van der Waals surface area (Å²) in [6, 6.07) is 4.62. The monoisotopic (exact) mass is 308 g/mol. The molecule has 21 heavy (non-hydrogen) atoms. The molecular weight excluding hydrogens is 284 g/mol. The minimum Gasteiger partial charge on any atom is -0.312 e. The lowest BCUT2D eigenvalue weighted by Gasteiger charge is -2.20. The Hall–Kier alpha value is -1.13. The van der Waals surface area contributed by atoms with E-state index in [1.807, 2.05) is 19.1 Å². The van der Waals surface area contributed by atoms with Crippen molar-refractivity contribution in [3.8, 4) is 0 Å². The Bertz CT molecular complexity index is 591. The number of aromatic nitrogens is 3. The van der Waals surface area contributed by atoms with E-state index in [9.17, 15) is 0 Å². The zero-order chi connectivity index (χ0) is 15.4. The fraction of sp³-hybridized carbons (Fsp3) is 0.625. The average molecular weight is 309 g/mol. The highest BCUT2D eigenvalue weighted by Crippen LogP contribution is 2.17. The lowest BCUT2D eigenvalue weighted by atomic mass is 10.2. The molecule has 2 aromatic rings. The predicted octanol–water partition coefficient (Wildman–Crippen LogP) is 3.60. The molecule has 0 fully saturated rings. The van der Waals surface area contributed by atoms with Crippen LogP contribution in [0.4, 0.5) is 0 Å². The Labute approximate surface area is 132 Å². The highest BCUT2D eigenvalue weighted by atomic mass is 35.5. The molecule has 116 valence electrons. The zero-order valence-corrected chi connectivity index (χ0v) is 14.2. The first-order valence-electron chi connectivity index (χ1n) is 7.62. The van der Waals surface area contributed by atoms with E-state index in [0.29, 0.717) is 11.9 Å². The Morgan fingerprint density at radius 2 is 2.00 bits per heavy atom. The summed E-state index contributed by atoms with van der Waals surface area (Å²) in [7, 11) is 2.17. The maximum atomic E-state index is 6.03. The molecule has 2 aromatic heterocycles. The summed E-state index contributed by atoms with van der Waals surface area (Å²) in [6.07, 6.45) is 2.28. The molecule has 0 radical (unpaired) electrons. The molecule has 0 aliphatic heterocycles. The predicted molar refractivity (Wildman–Crippen MR) is 88.8 cm³/mol. The maximum Gasteiger partial charge on any atom is 0.160 e. The van der Waals surface area contributed by atoms with Gasteiger partial charge in [-0.1, -0.05) is 0 Å². The summed E-state index contributed by atoms with van der Waals surface area (Å²) in [6.45, 7) is 8.51. The van der Waals surface area contributed by atoms with Crippen LogP contribution in [0.15, 0.2) is 12.1 Å². The summed E-state index contributed by atoms with van der Waals surface area (Å²) >= 11 is 6.03. The number of alkyl halides is 1. The number of hydrogen-bond donors (Lipinski definition) is 0. The van der Waals surface area contributed by atoms with Gasteiger partial charge in [-0.25, -0.2) is 9.97 Å². The molecule has 0 spiro atoms. The van der Waals surface area contributed by atoms with Crippen molar-refractivity contribution >= 4 is 22.8 Å². The third kappa shape index (κ3) is 3.95. The summed E-state index contributed by atoms with van der Waals surface area (Å²) < 4.78 is 2.17. The van der Waals surface area contributed by atoms with Crippen molar-refractivity contribution < 1.29 is 0 Å². The van der Waals surface area contributed by atoms with Gasteiger partial charge in [0.05, 0.1) is 5.88 Å². The Balaban J connectivity index is 2.05. The zero-order valence-electron chi connectivity index (χ0n) is 13.4. The number of fused-ring (bicyclic) bond motifs is 1. The number of pyridine rings is 1. The van der Waals surface area contributed by atoms with Crippen LogP contribution in [-0.2, 0) is 12.4 Å². The smallest absolute Gasteiger partial charge is 0.160 e. The first kappa shape index (κ1) is 16.2. The van der Waals surface area contributed by atoms with E-state index in [2.05, 4.69) is 40.3 Å². The van der Waals surface area contributed by atoms with Crippen molar-refractivity contribution in [3.05, 3.63) is 23.7 Å². The van der Waals surface area contributed by atoms with E-state index in [0.717, 1.165) is 42.2 Å². The molecule has 0 N–H and O–H groups in total. The molecule has 2 rings (SSSR count). The molecule has 0 saturated carbocycles. The second-order valence-electron chi connectivity index (χ2n) is 5.89. The van der Waals surface area contributed by atoms with Gasteiger partial charge in [-0.15, -0.1) is 11.6 Å². The molecule has 0 atom stereocenters. The molecule has 0 saturated heterocycles. The SMILES string of the molecule is Cc1ccc2nc(CCl)n(CCCCN(C)C(C)C)c2n1. The van der Waals surface area contributed by atoms with Crippen LogP contribution >= 0.6 is 11.6 Å². The largest absolute Gasteiger partial charge is 0.312 e. The minimum atomic E-state index is 0.432. The van der Waals surface area contributed by atoms with E-state index in [-0.39, 0.29) is 0 Å². The maximum absolute atomic E-state index is 6.03. The number of hydrogen-bond acceptors (Lipinski definition) is 3. The van der Waals surface area contributed by atoms with Crippen LogP contribution in [0.2, 0.25) is 0 Å². The van der Waals surface area contributed by atoms with Crippen molar-refractivity contribution in [2.45, 2.75) is 52.1 Å². The van der Waals surface area contributed by atoms with E-state index in [4.69, 9.17) is 11.6 Å². The van der Waals surface area contributed by atoms with Gasteiger partial charge in [0.15, 0.2) is 5.65 Å². The van der Waals surface area contributed by atoms with Gasteiger partial charge in [-0.2, -0.15) is 0 Å². The highest BCUT2D eigenvalue weighted by molar-refractivity contribution is 6.16. The van der Waals surface area contributed by atoms with Gasteiger partial charge in [0.2, 0.25) is 0 Å². The first-order valence-corrected chi connectivity index (χ1v) is 8.15. The van der Waals surface area contributed by atoms with Crippen molar-refractivity contribution in [2.24, 2.45) is 0 Å². The molecule has 5 heteroatoms. The molecule has 0 amide bonds. The number of aryl methyl sites for hydroxylation is 2. The van der Waals surface area contributed by atoms with Gasteiger partial charge in [0.25, 0.3) is 0 Å². The standard InChI is InChI=1S/C16H25ClN4/c1-12(2)20(4)9-5-6-10-21-15(11-17)19-14-8-7-13(3)18-16(14)21/h7-8,12H,5-6,9-11H2,1-4H3. The van der Waals surface area contributed by atoms with Crippen LogP contribution in [0.1, 0.15) is 38.2 Å².